The van der Waals surface area contributed by atoms with Crippen LogP contribution in [0.4, 0.5) is 22.0 Å². The van der Waals surface area contributed by atoms with E-state index in [1.807, 2.05) is 6.07 Å². The van der Waals surface area contributed by atoms with Crippen molar-refractivity contribution in [3.63, 3.8) is 0 Å². The molecule has 11 heteroatoms. The molecular weight excluding hydrogens is 712 g/mol. The number of fused-ring (bicyclic) bond motifs is 5. The van der Waals surface area contributed by atoms with Gasteiger partial charge >= 0.3 is 12.1 Å². The number of carbonyl (C=O) groups excluding carboxylic acids is 1. The third-order valence-corrected chi connectivity index (χ3v) is 14.2. The second-order valence-electron chi connectivity index (χ2n) is 16.6. The smallest absolute Gasteiger partial charge is 0.453 e. The molecule has 5 nitrogen and oxygen atoms in total. The Morgan fingerprint density at radius 3 is 2.19 bits per heavy atom. The molecule has 0 bridgehead atoms. The fourth-order valence-corrected chi connectivity index (χ4v) is 11.1. The Kier molecular flexibility index (Phi) is 14.5. The average Bonchev–Trinajstić information content (AvgIpc) is 3.47. The standard InChI is InChI=1S/C42H61F5O5S/c1-40-23-21-31-30-18-17-29(51-36-15-8-10-24-49-36)28-33(30)39(48)32(38(31)34(40)19-20-35(40)52-37-16-9-11-25-50-37)14-7-5-3-2-4-6-12-26-53-27-13-22-41(43,44)42(45,46)47/h17-18,28,31-32,34-38H,2-16,19-27H2,1H3/t31-,32+,34+,35+,36+,37+,38+,40+/m1/s1. The van der Waals surface area contributed by atoms with Crippen LogP contribution in [-0.2, 0) is 14.2 Å². The Morgan fingerprint density at radius 1 is 0.811 bits per heavy atom. The van der Waals surface area contributed by atoms with E-state index in [0.717, 1.165) is 139 Å². The van der Waals surface area contributed by atoms with Crippen LogP contribution in [0.25, 0.3) is 0 Å². The topological polar surface area (TPSA) is 54.0 Å². The quantitative estimate of drug-likeness (QED) is 0.109. The molecule has 4 fully saturated rings. The highest BCUT2D eigenvalue weighted by Gasteiger charge is 2.59. The van der Waals surface area contributed by atoms with Gasteiger partial charge in [0.15, 0.2) is 18.4 Å². The summed E-state index contributed by atoms with van der Waals surface area (Å²) < 4.78 is 87.9. The summed E-state index contributed by atoms with van der Waals surface area (Å²) in [7, 11) is 0. The summed E-state index contributed by atoms with van der Waals surface area (Å²) in [6.07, 6.45) is 11.8. The van der Waals surface area contributed by atoms with E-state index in [1.54, 1.807) is 0 Å². The van der Waals surface area contributed by atoms with Gasteiger partial charge in [-0.15, -0.1) is 0 Å². The molecule has 2 saturated heterocycles. The van der Waals surface area contributed by atoms with Crippen molar-refractivity contribution in [3.05, 3.63) is 29.3 Å². The van der Waals surface area contributed by atoms with Crippen LogP contribution in [0.2, 0.25) is 0 Å². The zero-order valence-corrected chi connectivity index (χ0v) is 32.4. The Balaban J connectivity index is 1.01. The predicted octanol–water partition coefficient (Wildman–Crippen LogP) is 12.1. The van der Waals surface area contributed by atoms with Gasteiger partial charge in [-0.3, -0.25) is 4.79 Å². The summed E-state index contributed by atoms with van der Waals surface area (Å²) in [6.45, 7) is 3.91. The molecule has 1 aromatic carbocycles. The van der Waals surface area contributed by atoms with Crippen molar-refractivity contribution in [1.29, 1.82) is 0 Å². The molecule has 2 heterocycles. The summed E-state index contributed by atoms with van der Waals surface area (Å²) in [5.74, 6) is -1.41. The molecule has 5 aliphatic rings. The molecular formula is C42H61F5O5S. The molecule has 0 unspecified atom stereocenters. The molecule has 0 aromatic heterocycles. The van der Waals surface area contributed by atoms with Crippen LogP contribution >= 0.6 is 11.8 Å². The lowest BCUT2D eigenvalue weighted by Gasteiger charge is -2.53. The van der Waals surface area contributed by atoms with Gasteiger partial charge in [-0.2, -0.15) is 33.7 Å². The molecule has 300 valence electrons. The molecule has 0 radical (unpaired) electrons. The van der Waals surface area contributed by atoms with E-state index in [4.69, 9.17) is 18.9 Å². The summed E-state index contributed by atoms with van der Waals surface area (Å²) in [6, 6.07) is 6.23. The van der Waals surface area contributed by atoms with Gasteiger partial charge in [0, 0.05) is 30.9 Å². The van der Waals surface area contributed by atoms with Crippen molar-refractivity contribution in [2.24, 2.45) is 23.2 Å². The van der Waals surface area contributed by atoms with Crippen LogP contribution in [-0.4, -0.2) is 61.3 Å². The van der Waals surface area contributed by atoms with Crippen molar-refractivity contribution in [2.75, 3.05) is 24.7 Å². The molecule has 0 N–H and O–H groups in total. The Bertz CT molecular complexity index is 1320. The summed E-state index contributed by atoms with van der Waals surface area (Å²) in [5, 5.41) is 0. The first-order valence-corrected chi connectivity index (χ1v) is 21.9. The Hall–Kier alpha value is -1.43. The zero-order chi connectivity index (χ0) is 37.5. The molecule has 6 rings (SSSR count). The maximum Gasteiger partial charge on any atom is 0.453 e. The number of ether oxygens (including phenoxy) is 4. The van der Waals surface area contributed by atoms with Crippen LogP contribution in [0.15, 0.2) is 18.2 Å². The number of Topliss-reactive ketones (excluding diaryl/α,β-unsaturated/α-hetero) is 1. The van der Waals surface area contributed by atoms with Gasteiger partial charge in [-0.25, -0.2) is 0 Å². The highest BCUT2D eigenvalue weighted by molar-refractivity contribution is 7.99. The van der Waals surface area contributed by atoms with Gasteiger partial charge < -0.3 is 18.9 Å². The van der Waals surface area contributed by atoms with Crippen LogP contribution < -0.4 is 4.74 Å². The second kappa shape index (κ2) is 18.7. The molecule has 8 atom stereocenters. The van der Waals surface area contributed by atoms with E-state index in [1.165, 1.54) is 17.3 Å². The van der Waals surface area contributed by atoms with Crippen molar-refractivity contribution >= 4 is 17.5 Å². The molecule has 0 amide bonds. The average molecular weight is 773 g/mol. The number of ketones is 1. The molecule has 1 aromatic rings. The zero-order valence-electron chi connectivity index (χ0n) is 31.6. The van der Waals surface area contributed by atoms with Crippen LogP contribution in [0, 0.1) is 23.2 Å². The number of halogens is 5. The number of unbranched alkanes of at least 4 members (excludes halogenated alkanes) is 6. The van der Waals surface area contributed by atoms with Crippen molar-refractivity contribution in [1.82, 2.24) is 0 Å². The van der Waals surface area contributed by atoms with Crippen LogP contribution in [0.5, 0.6) is 5.75 Å². The van der Waals surface area contributed by atoms with E-state index >= 15 is 0 Å². The normalized spacial score (nSPS) is 31.9. The molecule has 3 aliphatic carbocycles. The first kappa shape index (κ1) is 41.2. The van der Waals surface area contributed by atoms with Crippen molar-refractivity contribution < 1.29 is 45.7 Å². The highest BCUT2D eigenvalue weighted by Crippen LogP contribution is 2.63. The van der Waals surface area contributed by atoms with Gasteiger partial charge in [0.25, 0.3) is 0 Å². The second-order valence-corrected chi connectivity index (χ2v) is 17.9. The number of alkyl halides is 5. The molecule has 53 heavy (non-hydrogen) atoms. The van der Waals surface area contributed by atoms with Gasteiger partial charge in [0.05, 0.1) is 12.7 Å². The largest absolute Gasteiger partial charge is 0.465 e. The monoisotopic (exact) mass is 772 g/mol. The number of carbonyl (C=O) groups is 1. The lowest BCUT2D eigenvalue weighted by molar-refractivity contribution is -0.284. The maximum atomic E-state index is 14.6. The minimum atomic E-state index is -5.46. The molecule has 0 spiro atoms. The van der Waals surface area contributed by atoms with E-state index in [9.17, 15) is 26.7 Å². The number of benzene rings is 1. The first-order valence-electron chi connectivity index (χ1n) is 20.7. The van der Waals surface area contributed by atoms with Gasteiger partial charge in [-0.1, -0.05) is 51.5 Å². The minimum Gasteiger partial charge on any atom is -0.465 e. The van der Waals surface area contributed by atoms with E-state index in [0.29, 0.717) is 30.1 Å². The molecule has 2 aliphatic heterocycles. The van der Waals surface area contributed by atoms with Gasteiger partial charge in [0.1, 0.15) is 5.75 Å². The summed E-state index contributed by atoms with van der Waals surface area (Å²) >= 11 is 1.46. The fourth-order valence-electron chi connectivity index (χ4n) is 10.2. The van der Waals surface area contributed by atoms with Crippen molar-refractivity contribution in [3.8, 4) is 5.75 Å². The third-order valence-electron chi connectivity index (χ3n) is 13.1. The number of hydrogen-bond acceptors (Lipinski definition) is 6. The van der Waals surface area contributed by atoms with E-state index in [-0.39, 0.29) is 42.2 Å². The van der Waals surface area contributed by atoms with E-state index in [2.05, 4.69) is 19.1 Å². The first-order chi connectivity index (χ1) is 25.5. The van der Waals surface area contributed by atoms with Gasteiger partial charge in [-0.05, 0) is 129 Å². The Labute approximate surface area is 317 Å². The van der Waals surface area contributed by atoms with Crippen molar-refractivity contribution in [2.45, 2.75) is 172 Å². The highest BCUT2D eigenvalue weighted by atomic mass is 32.2. The SMILES string of the molecule is C[C@]12CC[C@@H]3c4ccc(O[C@H]5CCCCO5)cc4C(=O)[C@@H](CCCCCCCCCSCCCC(F)(F)C(F)(F)F)[C@H]3[C@@H]1CC[C@@H]2O[C@H]1CCCCO1. The fraction of sp³-hybridized carbons (Fsp3) is 0.833. The summed E-state index contributed by atoms with van der Waals surface area (Å²) in [5.41, 5.74) is 2.08. The number of thioether (sulfide) groups is 1. The minimum absolute atomic E-state index is 0.0175. The molecule has 2 saturated carbocycles. The Morgan fingerprint density at radius 2 is 1.49 bits per heavy atom. The van der Waals surface area contributed by atoms with Crippen LogP contribution in [0.1, 0.15) is 157 Å². The van der Waals surface area contributed by atoms with Gasteiger partial charge in [0.2, 0.25) is 0 Å². The lowest BCUT2D eigenvalue weighted by Crippen LogP contribution is -2.50. The third kappa shape index (κ3) is 10.1. The number of rotatable bonds is 18. The number of hydrogen-bond donors (Lipinski definition) is 0. The maximum absolute atomic E-state index is 14.6. The predicted molar refractivity (Wildman–Crippen MR) is 198 cm³/mol. The lowest BCUT2D eigenvalue weighted by atomic mass is 9.51. The summed E-state index contributed by atoms with van der Waals surface area (Å²) in [4.78, 5) is 14.6. The van der Waals surface area contributed by atoms with E-state index < -0.39 is 18.5 Å². The van der Waals surface area contributed by atoms with Crippen LogP contribution in [0.3, 0.4) is 0 Å².